The molecule has 0 aliphatic heterocycles. The monoisotopic (exact) mass is 370 g/mol. The summed E-state index contributed by atoms with van der Waals surface area (Å²) in [5, 5.41) is 5.42. The van der Waals surface area contributed by atoms with Crippen LogP contribution in [0.25, 0.3) is 11.4 Å². The Morgan fingerprint density at radius 2 is 1.92 bits per heavy atom. The third kappa shape index (κ3) is 4.09. The van der Waals surface area contributed by atoms with Crippen LogP contribution in [0.3, 0.4) is 0 Å². The molecule has 0 bridgehead atoms. The number of aromatic nitrogens is 2. The number of pyridine rings is 1. The molecule has 0 atom stereocenters. The minimum atomic E-state index is -0.377. The Balaban J connectivity index is 1.84. The standard InChI is InChI=1S/C18H15FN4O2S/c1-11(24)22-16-15(14-4-2-3-9-20-14)23-26-17(16)18(25)21-10-12-5-7-13(19)8-6-12/h2-9H,10H2,1H3,(H,21,25)(H,22,24). The van der Waals surface area contributed by atoms with E-state index in [1.807, 2.05) is 0 Å². The van der Waals surface area contributed by atoms with Crippen molar-refractivity contribution in [1.29, 1.82) is 0 Å². The van der Waals surface area contributed by atoms with Gasteiger partial charge in [0.25, 0.3) is 5.91 Å². The summed E-state index contributed by atoms with van der Waals surface area (Å²) in [5.74, 6) is -1.02. The number of nitrogens with one attached hydrogen (secondary N) is 2. The zero-order valence-corrected chi connectivity index (χ0v) is 14.6. The van der Waals surface area contributed by atoms with Crippen molar-refractivity contribution in [2.45, 2.75) is 13.5 Å². The van der Waals surface area contributed by atoms with E-state index >= 15 is 0 Å². The van der Waals surface area contributed by atoms with Gasteiger partial charge in [-0.3, -0.25) is 14.6 Å². The molecule has 0 aliphatic rings. The molecule has 0 saturated heterocycles. The van der Waals surface area contributed by atoms with Crippen molar-refractivity contribution in [3.63, 3.8) is 0 Å². The first-order valence-electron chi connectivity index (χ1n) is 7.76. The molecule has 0 aliphatic carbocycles. The molecule has 2 amide bonds. The summed E-state index contributed by atoms with van der Waals surface area (Å²) in [6.07, 6.45) is 1.61. The van der Waals surface area contributed by atoms with Gasteiger partial charge in [-0.15, -0.1) is 0 Å². The molecule has 26 heavy (non-hydrogen) atoms. The highest BCUT2D eigenvalue weighted by Crippen LogP contribution is 2.32. The average Bonchev–Trinajstić information content (AvgIpc) is 3.04. The Morgan fingerprint density at radius 3 is 2.58 bits per heavy atom. The highest BCUT2D eigenvalue weighted by Gasteiger charge is 2.22. The molecule has 0 unspecified atom stereocenters. The van der Waals surface area contributed by atoms with Gasteiger partial charge in [0.1, 0.15) is 16.4 Å². The number of halogens is 1. The molecule has 8 heteroatoms. The van der Waals surface area contributed by atoms with Crippen molar-refractivity contribution in [3.8, 4) is 11.4 Å². The van der Waals surface area contributed by atoms with Crippen LogP contribution in [-0.4, -0.2) is 21.2 Å². The molecule has 2 N–H and O–H groups in total. The Morgan fingerprint density at radius 1 is 1.15 bits per heavy atom. The summed E-state index contributed by atoms with van der Waals surface area (Å²) >= 11 is 0.982. The fourth-order valence-corrected chi connectivity index (χ4v) is 3.04. The lowest BCUT2D eigenvalue weighted by Gasteiger charge is -2.08. The van der Waals surface area contributed by atoms with E-state index in [0.717, 1.165) is 17.1 Å². The summed E-state index contributed by atoms with van der Waals surface area (Å²) in [6.45, 7) is 1.59. The van der Waals surface area contributed by atoms with Crippen LogP contribution in [0.4, 0.5) is 10.1 Å². The predicted molar refractivity (Wildman–Crippen MR) is 97.2 cm³/mol. The minimum absolute atomic E-state index is 0.232. The lowest BCUT2D eigenvalue weighted by atomic mass is 10.2. The molecule has 0 spiro atoms. The smallest absolute Gasteiger partial charge is 0.265 e. The van der Waals surface area contributed by atoms with Gasteiger partial charge in [0.2, 0.25) is 5.91 Å². The first-order valence-corrected chi connectivity index (χ1v) is 8.53. The number of anilines is 1. The zero-order chi connectivity index (χ0) is 18.5. The van der Waals surface area contributed by atoms with Gasteiger partial charge in [-0.05, 0) is 41.4 Å². The Hall–Kier alpha value is -3.13. The van der Waals surface area contributed by atoms with Crippen molar-refractivity contribution < 1.29 is 14.0 Å². The first-order chi connectivity index (χ1) is 12.5. The number of carbonyl (C=O) groups is 2. The Labute approximate surface area is 153 Å². The van der Waals surface area contributed by atoms with E-state index in [2.05, 4.69) is 20.0 Å². The maximum atomic E-state index is 12.9. The number of hydrogen-bond donors (Lipinski definition) is 2. The van der Waals surface area contributed by atoms with Gasteiger partial charge >= 0.3 is 0 Å². The van der Waals surface area contributed by atoms with Crippen LogP contribution < -0.4 is 10.6 Å². The normalized spacial score (nSPS) is 10.4. The third-order valence-electron chi connectivity index (χ3n) is 3.47. The number of benzene rings is 1. The van der Waals surface area contributed by atoms with Gasteiger partial charge < -0.3 is 10.6 Å². The number of hydrogen-bond acceptors (Lipinski definition) is 5. The molecule has 3 rings (SSSR count). The number of nitrogens with zero attached hydrogens (tertiary/aromatic N) is 2. The molecule has 0 radical (unpaired) electrons. The highest BCUT2D eigenvalue weighted by molar-refractivity contribution is 7.09. The van der Waals surface area contributed by atoms with Gasteiger partial charge in [-0.1, -0.05) is 18.2 Å². The van der Waals surface area contributed by atoms with Crippen molar-refractivity contribution in [2.24, 2.45) is 0 Å². The largest absolute Gasteiger partial charge is 0.347 e. The summed E-state index contributed by atoms with van der Waals surface area (Å²) in [7, 11) is 0. The van der Waals surface area contributed by atoms with E-state index in [-0.39, 0.29) is 29.1 Å². The van der Waals surface area contributed by atoms with Crippen LogP contribution in [0.5, 0.6) is 0 Å². The van der Waals surface area contributed by atoms with E-state index in [1.165, 1.54) is 19.1 Å². The van der Waals surface area contributed by atoms with Crippen LogP contribution in [0, 0.1) is 5.82 Å². The lowest BCUT2D eigenvalue weighted by molar-refractivity contribution is -0.114. The Kier molecular flexibility index (Phi) is 5.33. The quantitative estimate of drug-likeness (QED) is 0.722. The molecule has 1 aromatic carbocycles. The summed E-state index contributed by atoms with van der Waals surface area (Å²) < 4.78 is 17.2. The number of carbonyl (C=O) groups excluding carboxylic acids is 2. The van der Waals surface area contributed by atoms with Gasteiger partial charge in [0, 0.05) is 19.7 Å². The molecule has 3 aromatic rings. The lowest BCUT2D eigenvalue weighted by Crippen LogP contribution is -2.23. The maximum absolute atomic E-state index is 12.9. The highest BCUT2D eigenvalue weighted by atomic mass is 32.1. The second kappa shape index (κ2) is 7.83. The topological polar surface area (TPSA) is 84.0 Å². The second-order valence-electron chi connectivity index (χ2n) is 5.44. The van der Waals surface area contributed by atoms with Gasteiger partial charge in [0.05, 0.1) is 11.4 Å². The maximum Gasteiger partial charge on any atom is 0.265 e. The first kappa shape index (κ1) is 17.7. The molecular formula is C18H15FN4O2S. The third-order valence-corrected chi connectivity index (χ3v) is 4.32. The molecule has 132 valence electrons. The molecular weight excluding hydrogens is 355 g/mol. The number of amides is 2. The molecule has 2 heterocycles. The van der Waals surface area contributed by atoms with Gasteiger partial charge in [0.15, 0.2) is 0 Å². The summed E-state index contributed by atoms with van der Waals surface area (Å²) in [4.78, 5) is 28.6. The SMILES string of the molecule is CC(=O)Nc1c(-c2ccccn2)nsc1C(=O)NCc1ccc(F)cc1. The fourth-order valence-electron chi connectivity index (χ4n) is 2.28. The van der Waals surface area contributed by atoms with Crippen molar-refractivity contribution in [2.75, 3.05) is 5.32 Å². The molecule has 0 saturated carbocycles. The fraction of sp³-hybridized carbons (Fsp3) is 0.111. The minimum Gasteiger partial charge on any atom is -0.347 e. The van der Waals surface area contributed by atoms with Crippen molar-refractivity contribution in [3.05, 3.63) is 64.9 Å². The summed E-state index contributed by atoms with van der Waals surface area (Å²) in [6, 6.07) is 11.2. The van der Waals surface area contributed by atoms with E-state index in [9.17, 15) is 14.0 Å². The van der Waals surface area contributed by atoms with Gasteiger partial charge in [-0.25, -0.2) is 4.39 Å². The summed E-state index contributed by atoms with van der Waals surface area (Å²) in [5.41, 5.74) is 2.09. The van der Waals surface area contributed by atoms with Crippen LogP contribution >= 0.6 is 11.5 Å². The second-order valence-corrected chi connectivity index (χ2v) is 6.21. The van der Waals surface area contributed by atoms with E-state index in [0.29, 0.717) is 17.1 Å². The van der Waals surface area contributed by atoms with Crippen LogP contribution in [-0.2, 0) is 11.3 Å². The zero-order valence-electron chi connectivity index (χ0n) is 13.8. The number of rotatable bonds is 5. The molecule has 6 nitrogen and oxygen atoms in total. The van der Waals surface area contributed by atoms with Gasteiger partial charge in [-0.2, -0.15) is 4.37 Å². The Bertz CT molecular complexity index is 926. The predicted octanol–water partition coefficient (Wildman–Crippen LogP) is 3.23. The van der Waals surface area contributed by atoms with Crippen molar-refractivity contribution in [1.82, 2.24) is 14.7 Å². The van der Waals surface area contributed by atoms with Crippen molar-refractivity contribution >= 4 is 29.0 Å². The average molecular weight is 370 g/mol. The van der Waals surface area contributed by atoms with E-state index in [4.69, 9.17) is 0 Å². The van der Waals surface area contributed by atoms with Crippen LogP contribution in [0.15, 0.2) is 48.7 Å². The molecule has 0 fully saturated rings. The molecule has 2 aromatic heterocycles. The van der Waals surface area contributed by atoms with E-state index in [1.54, 1.807) is 36.5 Å². The van der Waals surface area contributed by atoms with Crippen LogP contribution in [0.2, 0.25) is 0 Å². The van der Waals surface area contributed by atoms with E-state index < -0.39 is 0 Å². The van der Waals surface area contributed by atoms with Crippen LogP contribution in [0.1, 0.15) is 22.2 Å².